The molecule has 0 saturated carbocycles. The lowest BCUT2D eigenvalue weighted by Crippen LogP contribution is -2.56. The molecule has 2 aliphatic rings. The molecule has 1 atom stereocenters. The molecule has 2 aromatic rings. The molecule has 8 heteroatoms. The molecule has 2 fully saturated rings. The number of hydrogen-bond acceptors (Lipinski definition) is 6. The number of hydrogen-bond donors (Lipinski definition) is 1. The predicted octanol–water partition coefficient (Wildman–Crippen LogP) is 2.87. The molecule has 0 spiro atoms. The molecule has 1 aromatic heterocycles. The van der Waals surface area contributed by atoms with E-state index in [4.69, 9.17) is 5.26 Å². The Morgan fingerprint density at radius 2 is 1.85 bits per heavy atom. The van der Waals surface area contributed by atoms with Crippen molar-refractivity contribution in [1.82, 2.24) is 25.1 Å². The van der Waals surface area contributed by atoms with Gasteiger partial charge in [0, 0.05) is 38.8 Å². The summed E-state index contributed by atoms with van der Waals surface area (Å²) in [6, 6.07) is 12.7. The Morgan fingerprint density at radius 1 is 1.12 bits per heavy atom. The number of carbonyl (C=O) groups is 1. The molecule has 1 N–H and O–H groups in total. The second-order valence-corrected chi connectivity index (χ2v) is 9.09. The van der Waals surface area contributed by atoms with Crippen LogP contribution in [-0.2, 0) is 6.54 Å². The Kier molecular flexibility index (Phi) is 7.74. The van der Waals surface area contributed by atoms with E-state index in [9.17, 15) is 4.79 Å². The van der Waals surface area contributed by atoms with E-state index in [1.165, 1.54) is 18.4 Å². The highest BCUT2D eigenvalue weighted by molar-refractivity contribution is 5.75. The Hall–Kier alpha value is -3.18. The van der Waals surface area contributed by atoms with Crippen LogP contribution in [0, 0.1) is 17.2 Å². The number of amides is 2. The zero-order chi connectivity index (χ0) is 23.0. The van der Waals surface area contributed by atoms with Gasteiger partial charge in [-0.25, -0.2) is 14.8 Å². The van der Waals surface area contributed by atoms with E-state index in [0.29, 0.717) is 12.5 Å². The van der Waals surface area contributed by atoms with Gasteiger partial charge in [-0.3, -0.25) is 4.90 Å². The minimum atomic E-state index is 0.0275. The van der Waals surface area contributed by atoms with Crippen LogP contribution >= 0.6 is 0 Å². The summed E-state index contributed by atoms with van der Waals surface area (Å²) in [7, 11) is 0. The summed E-state index contributed by atoms with van der Waals surface area (Å²) in [5.74, 6) is 0.856. The van der Waals surface area contributed by atoms with Gasteiger partial charge in [0.1, 0.15) is 6.07 Å². The number of carbonyl (C=O) groups excluding carboxylic acids is 1. The third-order valence-electron chi connectivity index (χ3n) is 6.78. The first-order chi connectivity index (χ1) is 16.1. The van der Waals surface area contributed by atoms with Gasteiger partial charge in [-0.15, -0.1) is 0 Å². The lowest BCUT2D eigenvalue weighted by atomic mass is 9.93. The van der Waals surface area contributed by atoms with Crippen molar-refractivity contribution in [3.05, 3.63) is 54.1 Å². The van der Waals surface area contributed by atoms with E-state index in [0.717, 1.165) is 51.4 Å². The Morgan fingerprint density at radius 3 is 2.52 bits per heavy atom. The fourth-order valence-electron chi connectivity index (χ4n) is 4.80. The highest BCUT2D eigenvalue weighted by atomic mass is 16.2. The van der Waals surface area contributed by atoms with Crippen LogP contribution in [-0.4, -0.2) is 71.1 Å². The molecule has 33 heavy (non-hydrogen) atoms. The van der Waals surface area contributed by atoms with Gasteiger partial charge in [-0.2, -0.15) is 5.26 Å². The largest absolute Gasteiger partial charge is 0.365 e. The smallest absolute Gasteiger partial charge is 0.317 e. The topological polar surface area (TPSA) is 88.4 Å². The maximum absolute atomic E-state index is 12.8. The average molecular weight is 448 g/mol. The van der Waals surface area contributed by atoms with Crippen LogP contribution < -0.4 is 10.2 Å². The molecular formula is C25H33N7O. The second-order valence-electron chi connectivity index (χ2n) is 9.09. The molecule has 2 aliphatic heterocycles. The first kappa shape index (κ1) is 23.0. The standard InChI is InChI=1S/C25H33N7O/c1-20-18-31(23-16-28-24(15-26)29-17-23)13-14-32(20)25(33)27-10-7-21-8-11-30(12-9-21)19-22-5-3-2-4-6-22/h2-6,16-17,20-21H,7-14,18-19H2,1H3,(H,27,33)/t20-/m1/s1. The zero-order valence-electron chi connectivity index (χ0n) is 19.4. The maximum Gasteiger partial charge on any atom is 0.317 e. The van der Waals surface area contributed by atoms with Crippen molar-refractivity contribution in [3.8, 4) is 6.07 Å². The van der Waals surface area contributed by atoms with Crippen LogP contribution in [0.5, 0.6) is 0 Å². The summed E-state index contributed by atoms with van der Waals surface area (Å²) in [4.78, 5) is 27.5. The lowest BCUT2D eigenvalue weighted by molar-refractivity contribution is 0.162. The minimum absolute atomic E-state index is 0.0275. The predicted molar refractivity (Wildman–Crippen MR) is 128 cm³/mol. The molecule has 8 nitrogen and oxygen atoms in total. The van der Waals surface area contributed by atoms with E-state index in [-0.39, 0.29) is 17.9 Å². The number of benzene rings is 1. The number of urea groups is 1. The van der Waals surface area contributed by atoms with E-state index in [1.807, 2.05) is 11.0 Å². The number of likely N-dealkylation sites (tertiary alicyclic amines) is 1. The molecule has 0 bridgehead atoms. The van der Waals surface area contributed by atoms with Crippen molar-refractivity contribution in [1.29, 1.82) is 5.26 Å². The van der Waals surface area contributed by atoms with Crippen LogP contribution in [0.15, 0.2) is 42.7 Å². The molecule has 174 valence electrons. The summed E-state index contributed by atoms with van der Waals surface area (Å²) < 4.78 is 0. The Balaban J connectivity index is 1.15. The van der Waals surface area contributed by atoms with Gasteiger partial charge in [0.25, 0.3) is 0 Å². The van der Waals surface area contributed by atoms with Gasteiger partial charge in [-0.05, 0) is 50.8 Å². The number of anilines is 1. The van der Waals surface area contributed by atoms with E-state index < -0.39 is 0 Å². The molecule has 0 radical (unpaired) electrons. The Labute approximate surface area is 196 Å². The summed E-state index contributed by atoms with van der Waals surface area (Å²) in [5, 5.41) is 12.0. The molecule has 0 unspecified atom stereocenters. The third kappa shape index (κ3) is 6.20. The van der Waals surface area contributed by atoms with Crippen LogP contribution in [0.2, 0.25) is 0 Å². The van der Waals surface area contributed by atoms with Crippen molar-refractivity contribution < 1.29 is 4.79 Å². The maximum atomic E-state index is 12.8. The molecule has 2 amide bonds. The molecule has 4 rings (SSSR count). The van der Waals surface area contributed by atoms with Crippen LogP contribution in [0.25, 0.3) is 0 Å². The van der Waals surface area contributed by atoms with Gasteiger partial charge in [-0.1, -0.05) is 30.3 Å². The highest BCUT2D eigenvalue weighted by Gasteiger charge is 2.28. The number of piperidine rings is 1. The monoisotopic (exact) mass is 447 g/mol. The number of piperazine rings is 1. The quantitative estimate of drug-likeness (QED) is 0.733. The van der Waals surface area contributed by atoms with Gasteiger partial charge in [0.2, 0.25) is 5.82 Å². The number of nitrogens with one attached hydrogen (secondary N) is 1. The fourth-order valence-corrected chi connectivity index (χ4v) is 4.80. The fraction of sp³-hybridized carbons (Fsp3) is 0.520. The third-order valence-corrected chi connectivity index (χ3v) is 6.78. The first-order valence-corrected chi connectivity index (χ1v) is 11.9. The van der Waals surface area contributed by atoms with Gasteiger partial charge in [0.15, 0.2) is 0 Å². The summed E-state index contributed by atoms with van der Waals surface area (Å²) in [5.41, 5.74) is 2.27. The highest BCUT2D eigenvalue weighted by Crippen LogP contribution is 2.22. The normalized spacial score (nSPS) is 19.8. The van der Waals surface area contributed by atoms with E-state index in [2.05, 4.69) is 62.3 Å². The number of nitriles is 1. The van der Waals surface area contributed by atoms with Crippen molar-refractivity contribution in [2.75, 3.05) is 44.2 Å². The summed E-state index contributed by atoms with van der Waals surface area (Å²) in [6.07, 6.45) is 6.80. The molecular weight excluding hydrogens is 414 g/mol. The molecule has 2 saturated heterocycles. The summed E-state index contributed by atoms with van der Waals surface area (Å²) in [6.45, 7) is 8.21. The SMILES string of the molecule is C[C@@H]1CN(c2cnc(C#N)nc2)CCN1C(=O)NCCC1CCN(Cc2ccccc2)CC1. The molecule has 0 aliphatic carbocycles. The average Bonchev–Trinajstić information content (AvgIpc) is 2.85. The zero-order valence-corrected chi connectivity index (χ0v) is 19.4. The van der Waals surface area contributed by atoms with Crippen molar-refractivity contribution in [3.63, 3.8) is 0 Å². The molecule has 3 heterocycles. The number of nitrogens with zero attached hydrogens (tertiary/aromatic N) is 6. The number of aromatic nitrogens is 2. The first-order valence-electron chi connectivity index (χ1n) is 11.9. The number of rotatable bonds is 6. The van der Waals surface area contributed by atoms with Gasteiger partial charge in [0.05, 0.1) is 18.1 Å². The van der Waals surface area contributed by atoms with Gasteiger partial charge >= 0.3 is 6.03 Å². The van der Waals surface area contributed by atoms with E-state index in [1.54, 1.807) is 12.4 Å². The lowest BCUT2D eigenvalue weighted by Gasteiger charge is -2.40. The van der Waals surface area contributed by atoms with Gasteiger partial charge < -0.3 is 15.1 Å². The Bertz CT molecular complexity index is 935. The van der Waals surface area contributed by atoms with Crippen LogP contribution in [0.3, 0.4) is 0 Å². The van der Waals surface area contributed by atoms with Crippen LogP contribution in [0.4, 0.5) is 10.5 Å². The van der Waals surface area contributed by atoms with E-state index >= 15 is 0 Å². The second kappa shape index (κ2) is 11.1. The minimum Gasteiger partial charge on any atom is -0.365 e. The van der Waals surface area contributed by atoms with Crippen molar-refractivity contribution >= 4 is 11.7 Å². The van der Waals surface area contributed by atoms with Crippen LogP contribution in [0.1, 0.15) is 37.6 Å². The van der Waals surface area contributed by atoms with Crippen molar-refractivity contribution in [2.45, 2.75) is 38.8 Å². The molecule has 1 aromatic carbocycles. The van der Waals surface area contributed by atoms with Crippen molar-refractivity contribution in [2.24, 2.45) is 5.92 Å². The summed E-state index contributed by atoms with van der Waals surface area (Å²) >= 11 is 0.